The summed E-state index contributed by atoms with van der Waals surface area (Å²) in [5, 5.41) is 38.1. The summed E-state index contributed by atoms with van der Waals surface area (Å²) in [6.07, 6.45) is 24.4. The Hall–Kier alpha value is -3.95. The lowest BCUT2D eigenvalue weighted by Crippen LogP contribution is -2.39. The number of hydrogen-bond donors (Lipinski definition) is 4. The Kier molecular flexibility index (Phi) is 22.7. The molecule has 0 fully saturated rings. The minimum absolute atomic E-state index is 0.0756. The zero-order valence-corrected chi connectivity index (χ0v) is 30.9. The monoisotopic (exact) mass is 713 g/mol. The van der Waals surface area contributed by atoms with Crippen molar-refractivity contribution in [3.05, 3.63) is 47.5 Å². The summed E-state index contributed by atoms with van der Waals surface area (Å²) < 4.78 is 12.0. The van der Waals surface area contributed by atoms with Crippen LogP contribution in [0.5, 0.6) is 23.0 Å². The highest BCUT2D eigenvalue weighted by Crippen LogP contribution is 2.29. The third kappa shape index (κ3) is 19.9. The van der Waals surface area contributed by atoms with Crippen molar-refractivity contribution in [1.29, 1.82) is 0 Å². The molecule has 51 heavy (non-hydrogen) atoms. The highest BCUT2D eigenvalue weighted by atomic mass is 16.5. The fourth-order valence-electron chi connectivity index (χ4n) is 6.15. The van der Waals surface area contributed by atoms with Crippen LogP contribution < -0.4 is 9.47 Å². The average Bonchev–Trinajstić information content (AvgIpc) is 3.09. The molecule has 0 heterocycles. The Morgan fingerprint density at radius 3 is 1.47 bits per heavy atom. The van der Waals surface area contributed by atoms with Gasteiger partial charge in [-0.1, -0.05) is 128 Å². The molecule has 0 atom stereocenters. The number of phenolic OH excluding ortho intramolecular Hbond substituents is 2. The number of aromatic hydroxyl groups is 2. The normalized spacial score (nSPS) is 11.0. The number of amides is 1. The molecule has 0 unspecified atom stereocenters. The predicted octanol–water partition coefficient (Wildman–Crippen LogP) is 9.53. The van der Waals surface area contributed by atoms with Gasteiger partial charge in [0.15, 0.2) is 11.5 Å². The van der Waals surface area contributed by atoms with Crippen LogP contribution in [0.3, 0.4) is 0 Å². The van der Waals surface area contributed by atoms with Gasteiger partial charge in [0.1, 0.15) is 24.6 Å². The summed E-state index contributed by atoms with van der Waals surface area (Å²) >= 11 is 0. The molecule has 2 aromatic rings. The van der Waals surface area contributed by atoms with E-state index in [0.717, 1.165) is 49.8 Å². The fourth-order valence-corrected chi connectivity index (χ4v) is 6.15. The molecule has 0 saturated carbocycles. The number of aryl methyl sites for hydroxylation is 1. The number of phenols is 2. The number of unbranched alkanes of at least 4 members (excludes halogenated alkanes) is 18. The lowest BCUT2D eigenvalue weighted by atomic mass is 10.0. The van der Waals surface area contributed by atoms with Crippen LogP contribution in [-0.4, -0.2) is 69.5 Å². The van der Waals surface area contributed by atoms with Crippen molar-refractivity contribution < 1.29 is 44.3 Å². The van der Waals surface area contributed by atoms with Crippen LogP contribution >= 0.6 is 0 Å². The third-order valence-corrected chi connectivity index (χ3v) is 9.04. The van der Waals surface area contributed by atoms with E-state index >= 15 is 0 Å². The molecule has 0 aliphatic carbocycles. The Morgan fingerprint density at radius 1 is 0.588 bits per heavy atom. The molecule has 0 bridgehead atoms. The number of carboxylic acid groups (broad SMARTS) is 2. The Bertz CT molecular complexity index is 1270. The molecule has 0 spiro atoms. The van der Waals surface area contributed by atoms with Crippen LogP contribution in [0.15, 0.2) is 36.4 Å². The second kappa shape index (κ2) is 26.8. The van der Waals surface area contributed by atoms with E-state index in [1.54, 1.807) is 18.2 Å². The van der Waals surface area contributed by atoms with Crippen LogP contribution in [-0.2, 0) is 16.0 Å². The van der Waals surface area contributed by atoms with Crippen molar-refractivity contribution in [2.24, 2.45) is 0 Å². The average molecular weight is 714 g/mol. The van der Waals surface area contributed by atoms with Crippen LogP contribution in [0.2, 0.25) is 0 Å². The number of benzene rings is 2. The number of rotatable bonds is 31. The zero-order valence-electron chi connectivity index (χ0n) is 30.9. The molecule has 2 rings (SSSR count). The van der Waals surface area contributed by atoms with Gasteiger partial charge in [0, 0.05) is 11.6 Å². The SMILES string of the molecule is CCCCCCCCCCCCCCCCCCOc1cc(OCCCCCCc2cccc(O)c2O)cc(C(=O)N(CC(=O)O)CC(=O)O)c1. The number of nitrogens with zero attached hydrogens (tertiary/aromatic N) is 1. The first kappa shape index (κ1) is 43.2. The van der Waals surface area contributed by atoms with Gasteiger partial charge < -0.3 is 34.8 Å². The van der Waals surface area contributed by atoms with E-state index in [0.29, 0.717) is 36.7 Å². The Balaban J connectivity index is 1.77. The van der Waals surface area contributed by atoms with Crippen molar-refractivity contribution >= 4 is 17.8 Å². The van der Waals surface area contributed by atoms with E-state index in [2.05, 4.69) is 6.92 Å². The van der Waals surface area contributed by atoms with Crippen LogP contribution in [0.25, 0.3) is 0 Å². The van der Waals surface area contributed by atoms with E-state index in [-0.39, 0.29) is 17.1 Å². The number of carbonyl (C=O) groups excluding carboxylic acids is 1. The molecule has 10 nitrogen and oxygen atoms in total. The van der Waals surface area contributed by atoms with Crippen molar-refractivity contribution in [1.82, 2.24) is 4.90 Å². The van der Waals surface area contributed by atoms with Gasteiger partial charge in [-0.3, -0.25) is 14.4 Å². The maximum atomic E-state index is 13.2. The van der Waals surface area contributed by atoms with Crippen LogP contribution in [0.4, 0.5) is 0 Å². The minimum Gasteiger partial charge on any atom is -0.504 e. The lowest BCUT2D eigenvalue weighted by molar-refractivity contribution is -0.140. The number of hydrogen-bond acceptors (Lipinski definition) is 7. The summed E-state index contributed by atoms with van der Waals surface area (Å²) in [5.74, 6) is -2.75. The van der Waals surface area contributed by atoms with E-state index in [4.69, 9.17) is 9.47 Å². The lowest BCUT2D eigenvalue weighted by Gasteiger charge is -2.19. The summed E-state index contributed by atoms with van der Waals surface area (Å²) in [7, 11) is 0. The van der Waals surface area contributed by atoms with E-state index in [9.17, 15) is 34.8 Å². The second-order valence-corrected chi connectivity index (χ2v) is 13.6. The molecule has 10 heteroatoms. The Morgan fingerprint density at radius 2 is 1.02 bits per heavy atom. The number of carbonyl (C=O) groups is 3. The van der Waals surface area contributed by atoms with E-state index in [1.807, 2.05) is 0 Å². The first-order valence-electron chi connectivity index (χ1n) is 19.3. The summed E-state index contributed by atoms with van der Waals surface area (Å²) in [6.45, 7) is 1.60. The van der Waals surface area contributed by atoms with Gasteiger partial charge in [-0.25, -0.2) is 0 Å². The van der Waals surface area contributed by atoms with Crippen LogP contribution in [0.1, 0.15) is 151 Å². The summed E-state index contributed by atoms with van der Waals surface area (Å²) in [5.41, 5.74) is 0.808. The van der Waals surface area contributed by atoms with Gasteiger partial charge in [-0.05, 0) is 49.4 Å². The molecule has 0 aliphatic heterocycles. The summed E-state index contributed by atoms with van der Waals surface area (Å²) in [6, 6.07) is 9.65. The van der Waals surface area contributed by atoms with Gasteiger partial charge in [-0.2, -0.15) is 0 Å². The molecule has 1 amide bonds. The third-order valence-electron chi connectivity index (χ3n) is 9.04. The standard InChI is InChI=1S/C41H63NO9/c1-2-3-4-5-6-7-8-9-10-11-12-13-14-15-17-20-26-50-35-28-34(41(49)42(31-38(44)45)32-39(46)47)29-36(30-35)51-27-21-18-16-19-23-33-24-22-25-37(43)40(33)48/h22,24-25,28-30,43,48H,2-21,23,26-27,31-32H2,1H3,(H,44,45)(H,46,47). The molecule has 4 N–H and O–H groups in total. The zero-order chi connectivity index (χ0) is 37.1. The maximum absolute atomic E-state index is 13.2. The fraction of sp³-hybridized carbons (Fsp3) is 0.634. The highest BCUT2D eigenvalue weighted by molar-refractivity contribution is 5.98. The van der Waals surface area contributed by atoms with Crippen molar-refractivity contribution in [3.8, 4) is 23.0 Å². The number of ether oxygens (including phenoxy) is 2. The number of aliphatic carboxylic acids is 2. The van der Waals surface area contributed by atoms with E-state index in [1.165, 1.54) is 102 Å². The quantitative estimate of drug-likeness (QED) is 0.0442. The highest BCUT2D eigenvalue weighted by Gasteiger charge is 2.22. The summed E-state index contributed by atoms with van der Waals surface area (Å²) in [4.78, 5) is 36.7. The molecule has 0 aromatic heterocycles. The van der Waals surface area contributed by atoms with Gasteiger partial charge in [0.2, 0.25) is 0 Å². The van der Waals surface area contributed by atoms with E-state index < -0.39 is 30.9 Å². The van der Waals surface area contributed by atoms with Gasteiger partial charge >= 0.3 is 11.9 Å². The minimum atomic E-state index is -1.31. The molecule has 286 valence electrons. The first-order chi connectivity index (χ1) is 24.7. The smallest absolute Gasteiger partial charge is 0.323 e. The maximum Gasteiger partial charge on any atom is 0.323 e. The molecule has 0 saturated heterocycles. The van der Waals surface area contributed by atoms with Crippen molar-refractivity contribution in [2.45, 2.75) is 142 Å². The first-order valence-corrected chi connectivity index (χ1v) is 19.3. The molecular formula is C41H63NO9. The van der Waals surface area contributed by atoms with Gasteiger partial charge in [-0.15, -0.1) is 0 Å². The molecular weight excluding hydrogens is 650 g/mol. The van der Waals surface area contributed by atoms with Crippen molar-refractivity contribution in [3.63, 3.8) is 0 Å². The number of carboxylic acids is 2. The van der Waals surface area contributed by atoms with Gasteiger partial charge in [0.25, 0.3) is 5.91 Å². The van der Waals surface area contributed by atoms with Crippen molar-refractivity contribution in [2.75, 3.05) is 26.3 Å². The Labute approximate surface area is 305 Å². The van der Waals surface area contributed by atoms with Crippen LogP contribution in [0, 0.1) is 0 Å². The topological polar surface area (TPSA) is 154 Å². The van der Waals surface area contributed by atoms with Gasteiger partial charge in [0.05, 0.1) is 13.2 Å². The second-order valence-electron chi connectivity index (χ2n) is 13.6. The molecule has 0 aliphatic rings. The number of para-hydroxylation sites is 1. The molecule has 0 radical (unpaired) electrons. The molecule has 2 aromatic carbocycles. The predicted molar refractivity (Wildman–Crippen MR) is 200 cm³/mol. The largest absolute Gasteiger partial charge is 0.504 e.